The lowest BCUT2D eigenvalue weighted by Gasteiger charge is -2.15. The first kappa shape index (κ1) is 13.9. The van der Waals surface area contributed by atoms with Crippen LogP contribution in [0.2, 0.25) is 0 Å². The Morgan fingerprint density at radius 1 is 1.53 bits per heavy atom. The van der Waals surface area contributed by atoms with Crippen molar-refractivity contribution in [1.82, 2.24) is 5.32 Å². The molecule has 1 rings (SSSR count). The minimum Gasteiger partial charge on any atom is -0.479 e. The van der Waals surface area contributed by atoms with Gasteiger partial charge in [-0.1, -0.05) is 13.3 Å². The van der Waals surface area contributed by atoms with Gasteiger partial charge in [-0.25, -0.2) is 4.79 Å². The van der Waals surface area contributed by atoms with E-state index in [0.29, 0.717) is 25.8 Å². The van der Waals surface area contributed by atoms with Gasteiger partial charge in [-0.15, -0.1) is 0 Å². The molecule has 98 valence electrons. The molecule has 0 aromatic carbocycles. The molecule has 0 bridgehead atoms. The van der Waals surface area contributed by atoms with Gasteiger partial charge in [0.25, 0.3) is 0 Å². The minimum atomic E-state index is -0.943. The number of hydrogen-bond acceptors (Lipinski definition) is 4. The zero-order valence-electron chi connectivity index (χ0n) is 10.0. The highest BCUT2D eigenvalue weighted by atomic mass is 16.5. The van der Waals surface area contributed by atoms with Crippen molar-refractivity contribution in [1.29, 1.82) is 0 Å². The van der Waals surface area contributed by atoms with Crippen molar-refractivity contribution in [3.63, 3.8) is 0 Å². The fourth-order valence-corrected chi connectivity index (χ4v) is 1.83. The fraction of sp³-hybridized carbons (Fsp3) is 0.818. The summed E-state index contributed by atoms with van der Waals surface area (Å²) in [5, 5.41) is 11.4. The van der Waals surface area contributed by atoms with Crippen LogP contribution < -0.4 is 11.1 Å². The number of carboxylic acid groups (broad SMARTS) is 1. The van der Waals surface area contributed by atoms with Crippen molar-refractivity contribution < 1.29 is 19.4 Å². The minimum absolute atomic E-state index is 0.200. The largest absolute Gasteiger partial charge is 0.479 e. The molecule has 6 heteroatoms. The number of ether oxygens (including phenoxy) is 1. The number of nitrogens with two attached hydrogens (primary N) is 1. The van der Waals surface area contributed by atoms with Crippen LogP contribution in [0.25, 0.3) is 0 Å². The number of carbonyl (C=O) groups is 2. The molecule has 1 heterocycles. The zero-order chi connectivity index (χ0) is 12.8. The first-order valence-corrected chi connectivity index (χ1v) is 5.96. The van der Waals surface area contributed by atoms with Gasteiger partial charge in [0.1, 0.15) is 0 Å². The van der Waals surface area contributed by atoms with Crippen LogP contribution in [0.5, 0.6) is 0 Å². The third-order valence-corrected chi connectivity index (χ3v) is 2.82. The average Bonchev–Trinajstić information content (AvgIpc) is 2.75. The molecule has 0 spiro atoms. The molecule has 0 aromatic heterocycles. The summed E-state index contributed by atoms with van der Waals surface area (Å²) in [5.41, 5.74) is 5.64. The number of rotatable bonds is 6. The third kappa shape index (κ3) is 4.32. The summed E-state index contributed by atoms with van der Waals surface area (Å²) < 4.78 is 5.26. The average molecular weight is 244 g/mol. The van der Waals surface area contributed by atoms with Crippen molar-refractivity contribution in [3.05, 3.63) is 0 Å². The van der Waals surface area contributed by atoms with E-state index in [1.54, 1.807) is 0 Å². The Morgan fingerprint density at radius 3 is 2.76 bits per heavy atom. The molecule has 6 nitrogen and oxygen atoms in total. The van der Waals surface area contributed by atoms with Crippen LogP contribution in [0.1, 0.15) is 32.6 Å². The van der Waals surface area contributed by atoms with Crippen molar-refractivity contribution in [2.24, 2.45) is 5.73 Å². The molecular weight excluding hydrogens is 224 g/mol. The predicted molar refractivity (Wildman–Crippen MR) is 61.4 cm³/mol. The first-order chi connectivity index (χ1) is 8.04. The van der Waals surface area contributed by atoms with Crippen molar-refractivity contribution in [2.75, 3.05) is 6.54 Å². The molecule has 1 aliphatic rings. The van der Waals surface area contributed by atoms with Crippen LogP contribution in [-0.4, -0.2) is 41.8 Å². The van der Waals surface area contributed by atoms with E-state index in [1.807, 2.05) is 6.92 Å². The number of amides is 1. The van der Waals surface area contributed by atoms with Crippen LogP contribution in [0.4, 0.5) is 0 Å². The molecule has 1 saturated heterocycles. The van der Waals surface area contributed by atoms with E-state index in [4.69, 9.17) is 15.6 Å². The van der Waals surface area contributed by atoms with E-state index in [2.05, 4.69) is 5.32 Å². The lowest BCUT2D eigenvalue weighted by molar-refractivity contribution is -0.149. The van der Waals surface area contributed by atoms with Gasteiger partial charge < -0.3 is 20.9 Å². The van der Waals surface area contributed by atoms with Crippen molar-refractivity contribution in [2.45, 2.75) is 50.9 Å². The Balaban J connectivity index is 2.23. The SMILES string of the molecule is CCCC(N)C(=O)NCC1CCC(C(=O)O)O1. The third-order valence-electron chi connectivity index (χ3n) is 2.82. The van der Waals surface area contributed by atoms with Crippen molar-refractivity contribution in [3.8, 4) is 0 Å². The van der Waals surface area contributed by atoms with Gasteiger partial charge in [0.2, 0.25) is 5.91 Å². The van der Waals surface area contributed by atoms with Gasteiger partial charge in [0, 0.05) is 6.54 Å². The van der Waals surface area contributed by atoms with E-state index < -0.39 is 18.1 Å². The molecular formula is C11H20N2O4. The second kappa shape index (κ2) is 6.56. The summed E-state index contributed by atoms with van der Waals surface area (Å²) >= 11 is 0. The van der Waals surface area contributed by atoms with E-state index in [-0.39, 0.29) is 12.0 Å². The summed E-state index contributed by atoms with van der Waals surface area (Å²) in [4.78, 5) is 22.1. The van der Waals surface area contributed by atoms with E-state index in [1.165, 1.54) is 0 Å². The fourth-order valence-electron chi connectivity index (χ4n) is 1.83. The van der Waals surface area contributed by atoms with Crippen LogP contribution in [0.3, 0.4) is 0 Å². The number of carboxylic acids is 1. The maximum absolute atomic E-state index is 11.5. The van der Waals surface area contributed by atoms with E-state index in [9.17, 15) is 9.59 Å². The molecule has 0 aromatic rings. The van der Waals surface area contributed by atoms with Gasteiger partial charge in [-0.3, -0.25) is 4.79 Å². The number of carbonyl (C=O) groups excluding carboxylic acids is 1. The molecule has 0 saturated carbocycles. The van der Waals surface area contributed by atoms with Crippen LogP contribution in [-0.2, 0) is 14.3 Å². The molecule has 0 radical (unpaired) electrons. The second-order valence-electron chi connectivity index (χ2n) is 4.30. The molecule has 0 aliphatic carbocycles. The molecule has 4 N–H and O–H groups in total. The van der Waals surface area contributed by atoms with Gasteiger partial charge >= 0.3 is 5.97 Å². The Hall–Kier alpha value is -1.14. The van der Waals surface area contributed by atoms with E-state index in [0.717, 1.165) is 6.42 Å². The molecule has 1 fully saturated rings. The number of aliphatic carboxylic acids is 1. The zero-order valence-corrected chi connectivity index (χ0v) is 10.0. The summed E-state index contributed by atoms with van der Waals surface area (Å²) in [6, 6.07) is -0.489. The lowest BCUT2D eigenvalue weighted by atomic mass is 10.1. The molecule has 1 aliphatic heterocycles. The summed E-state index contributed by atoms with van der Waals surface area (Å²) in [7, 11) is 0. The predicted octanol–water partition coefficient (Wildman–Crippen LogP) is -0.138. The maximum Gasteiger partial charge on any atom is 0.332 e. The molecule has 17 heavy (non-hydrogen) atoms. The number of nitrogens with one attached hydrogen (secondary N) is 1. The number of hydrogen-bond donors (Lipinski definition) is 3. The van der Waals surface area contributed by atoms with Crippen LogP contribution in [0.15, 0.2) is 0 Å². The molecule has 1 amide bonds. The van der Waals surface area contributed by atoms with Gasteiger partial charge in [-0.05, 0) is 19.3 Å². The monoisotopic (exact) mass is 244 g/mol. The molecule has 3 atom stereocenters. The Bertz CT molecular complexity index is 283. The van der Waals surface area contributed by atoms with Gasteiger partial charge in [0.15, 0.2) is 6.10 Å². The summed E-state index contributed by atoms with van der Waals surface area (Å²) in [6.07, 6.45) is 1.71. The van der Waals surface area contributed by atoms with E-state index >= 15 is 0 Å². The smallest absolute Gasteiger partial charge is 0.332 e. The maximum atomic E-state index is 11.5. The van der Waals surface area contributed by atoms with Crippen LogP contribution in [0, 0.1) is 0 Å². The highest BCUT2D eigenvalue weighted by Crippen LogP contribution is 2.19. The van der Waals surface area contributed by atoms with Gasteiger partial charge in [0.05, 0.1) is 12.1 Å². The normalized spacial score (nSPS) is 25.5. The topological polar surface area (TPSA) is 102 Å². The van der Waals surface area contributed by atoms with Crippen LogP contribution >= 0.6 is 0 Å². The lowest BCUT2D eigenvalue weighted by Crippen LogP contribution is -2.43. The quantitative estimate of drug-likeness (QED) is 0.603. The second-order valence-corrected chi connectivity index (χ2v) is 4.30. The highest BCUT2D eigenvalue weighted by molar-refractivity contribution is 5.81. The Kier molecular flexibility index (Phi) is 5.37. The van der Waals surface area contributed by atoms with Crippen molar-refractivity contribution >= 4 is 11.9 Å². The Morgan fingerprint density at radius 2 is 2.24 bits per heavy atom. The molecule has 3 unspecified atom stereocenters. The summed E-state index contributed by atoms with van der Waals surface area (Å²) in [6.45, 7) is 2.30. The van der Waals surface area contributed by atoms with Gasteiger partial charge in [-0.2, -0.15) is 0 Å². The first-order valence-electron chi connectivity index (χ1n) is 5.96. The standard InChI is InChI=1S/C11H20N2O4/c1-2-3-8(12)10(14)13-6-7-4-5-9(17-7)11(15)16/h7-9H,2-6,12H2,1H3,(H,13,14)(H,15,16). The summed E-state index contributed by atoms with van der Waals surface area (Å²) in [5.74, 6) is -1.14. The highest BCUT2D eigenvalue weighted by Gasteiger charge is 2.30. The Labute approximate surface area is 101 Å².